The monoisotopic (exact) mass is 530 g/mol. The molecule has 2 heterocycles. The summed E-state index contributed by atoms with van der Waals surface area (Å²) in [5.41, 5.74) is 1.07. The Morgan fingerprint density at radius 3 is 2.47 bits per heavy atom. The maximum atomic E-state index is 14.6. The molecule has 3 amide bonds. The summed E-state index contributed by atoms with van der Waals surface area (Å²) < 4.78 is 34.6. The van der Waals surface area contributed by atoms with Gasteiger partial charge in [-0.05, 0) is 44.9 Å². The summed E-state index contributed by atoms with van der Waals surface area (Å²) in [7, 11) is 1.47. The van der Waals surface area contributed by atoms with E-state index in [0.29, 0.717) is 5.69 Å². The first-order valence-corrected chi connectivity index (χ1v) is 12.7. The Morgan fingerprint density at radius 2 is 1.84 bits per heavy atom. The second-order valence-electron chi connectivity index (χ2n) is 10.6. The summed E-state index contributed by atoms with van der Waals surface area (Å²) in [5.74, 6) is -5.22. The molecule has 1 aromatic heterocycles. The molecule has 1 aliphatic rings. The number of hydrogen-bond acceptors (Lipinski definition) is 5. The van der Waals surface area contributed by atoms with Gasteiger partial charge in [-0.15, -0.1) is 0 Å². The smallest absolute Gasteiger partial charge is 0.410 e. The molecule has 10 heteroatoms. The topological polar surface area (TPSA) is 101 Å². The van der Waals surface area contributed by atoms with E-state index in [2.05, 4.69) is 15.6 Å². The van der Waals surface area contributed by atoms with Crippen LogP contribution in [0.4, 0.5) is 13.6 Å². The molecule has 0 aliphatic carbocycles. The van der Waals surface area contributed by atoms with Gasteiger partial charge in [-0.2, -0.15) is 0 Å². The van der Waals surface area contributed by atoms with Gasteiger partial charge in [0.1, 0.15) is 11.3 Å². The third-order valence-electron chi connectivity index (χ3n) is 6.49. The van der Waals surface area contributed by atoms with E-state index in [0.717, 1.165) is 5.56 Å². The number of benzene rings is 1. The molecule has 1 saturated heterocycles. The second-order valence-corrected chi connectivity index (χ2v) is 10.6. The third-order valence-corrected chi connectivity index (χ3v) is 6.49. The Bertz CT molecular complexity index is 1150. The fraction of sp³-hybridized carbons (Fsp3) is 0.500. The Hall–Kier alpha value is -3.56. The van der Waals surface area contributed by atoms with Crippen LogP contribution in [0.5, 0.6) is 0 Å². The highest BCUT2D eigenvalue weighted by molar-refractivity contribution is 5.98. The van der Waals surface area contributed by atoms with Crippen LogP contribution >= 0.6 is 0 Å². The molecular formula is C28H36F2N4O4. The van der Waals surface area contributed by atoms with Gasteiger partial charge in [0.05, 0.1) is 0 Å². The Balaban J connectivity index is 1.70. The Kier molecular flexibility index (Phi) is 9.06. The van der Waals surface area contributed by atoms with Crippen LogP contribution < -0.4 is 10.6 Å². The van der Waals surface area contributed by atoms with Crippen molar-refractivity contribution in [3.63, 3.8) is 0 Å². The number of aromatic nitrogens is 1. The van der Waals surface area contributed by atoms with Gasteiger partial charge in [-0.1, -0.05) is 37.3 Å². The zero-order valence-electron chi connectivity index (χ0n) is 22.5. The number of rotatable bonds is 7. The number of pyridine rings is 1. The molecule has 0 saturated carbocycles. The standard InChI is InChI=1S/C28H36F2N4O4/c1-18(19-9-7-6-8-10-19)22-15-20(16-23(33-22)25(36)31-5)24(35)32-13-11-21-17-34(14-12-28(21,29)30)26(37)38-27(2,3)4/h6-10,15-16,18,21H,11-14,17H2,1-5H3,(H,31,36)(H,32,35)/t18-,21?/m0/s1. The van der Waals surface area contributed by atoms with Crippen LogP contribution in [0.2, 0.25) is 0 Å². The van der Waals surface area contributed by atoms with Crippen LogP contribution in [0.1, 0.15) is 78.6 Å². The van der Waals surface area contributed by atoms with Crippen molar-refractivity contribution in [2.75, 3.05) is 26.7 Å². The summed E-state index contributed by atoms with van der Waals surface area (Å²) in [6, 6.07) is 12.5. The molecule has 2 atom stereocenters. The number of carbonyl (C=O) groups is 3. The number of nitrogens with zero attached hydrogens (tertiary/aromatic N) is 2. The number of piperidine rings is 1. The van der Waals surface area contributed by atoms with Crippen molar-refractivity contribution in [3.05, 3.63) is 65.0 Å². The summed E-state index contributed by atoms with van der Waals surface area (Å²) in [6.07, 6.45) is -1.12. The van der Waals surface area contributed by atoms with Crippen molar-refractivity contribution in [2.45, 2.75) is 58.0 Å². The summed E-state index contributed by atoms with van der Waals surface area (Å²) >= 11 is 0. The zero-order valence-corrected chi connectivity index (χ0v) is 22.5. The highest BCUT2D eigenvalue weighted by atomic mass is 19.3. The average Bonchev–Trinajstić information content (AvgIpc) is 2.87. The number of hydrogen-bond donors (Lipinski definition) is 2. The van der Waals surface area contributed by atoms with Crippen molar-refractivity contribution < 1.29 is 27.9 Å². The molecule has 3 rings (SSSR count). The molecule has 38 heavy (non-hydrogen) atoms. The van der Waals surface area contributed by atoms with Crippen LogP contribution in [0.3, 0.4) is 0 Å². The lowest BCUT2D eigenvalue weighted by molar-refractivity contribution is -0.107. The lowest BCUT2D eigenvalue weighted by Crippen LogP contribution is -2.51. The Morgan fingerprint density at radius 1 is 1.16 bits per heavy atom. The summed E-state index contributed by atoms with van der Waals surface area (Å²) in [4.78, 5) is 43.5. The molecule has 206 valence electrons. The number of amides is 3. The van der Waals surface area contributed by atoms with Crippen LogP contribution in [0, 0.1) is 5.92 Å². The fourth-order valence-corrected chi connectivity index (χ4v) is 4.30. The Labute approximate surface area is 222 Å². The minimum Gasteiger partial charge on any atom is -0.444 e. The van der Waals surface area contributed by atoms with E-state index in [1.165, 1.54) is 18.0 Å². The molecule has 0 bridgehead atoms. The van der Waals surface area contributed by atoms with Gasteiger partial charge in [0.25, 0.3) is 17.7 Å². The van der Waals surface area contributed by atoms with Crippen LogP contribution in [0.15, 0.2) is 42.5 Å². The van der Waals surface area contributed by atoms with Crippen molar-refractivity contribution in [1.29, 1.82) is 0 Å². The lowest BCUT2D eigenvalue weighted by Gasteiger charge is -2.38. The van der Waals surface area contributed by atoms with Crippen molar-refractivity contribution in [3.8, 4) is 0 Å². The summed E-state index contributed by atoms with van der Waals surface area (Å²) in [5, 5.41) is 5.21. The van der Waals surface area contributed by atoms with E-state index in [9.17, 15) is 23.2 Å². The largest absolute Gasteiger partial charge is 0.444 e. The highest BCUT2D eigenvalue weighted by Crippen LogP contribution is 2.36. The minimum absolute atomic E-state index is 0.0253. The average molecular weight is 531 g/mol. The predicted octanol–water partition coefficient (Wildman–Crippen LogP) is 4.61. The number of alkyl halides is 2. The maximum absolute atomic E-state index is 14.6. The normalized spacial score (nSPS) is 17.9. The highest BCUT2D eigenvalue weighted by Gasteiger charge is 2.45. The van der Waals surface area contributed by atoms with E-state index in [-0.39, 0.29) is 43.2 Å². The van der Waals surface area contributed by atoms with E-state index < -0.39 is 41.8 Å². The zero-order chi connectivity index (χ0) is 28.1. The van der Waals surface area contributed by atoms with Crippen molar-refractivity contribution in [1.82, 2.24) is 20.5 Å². The molecule has 1 aromatic carbocycles. The molecule has 1 aliphatic heterocycles. The number of halogens is 2. The van der Waals surface area contributed by atoms with Crippen molar-refractivity contribution >= 4 is 17.9 Å². The van der Waals surface area contributed by atoms with E-state index >= 15 is 0 Å². The van der Waals surface area contributed by atoms with Crippen molar-refractivity contribution in [2.24, 2.45) is 5.92 Å². The fourth-order valence-electron chi connectivity index (χ4n) is 4.30. The third kappa shape index (κ3) is 7.49. The van der Waals surface area contributed by atoms with E-state index in [4.69, 9.17) is 4.74 Å². The van der Waals surface area contributed by atoms with E-state index in [1.54, 1.807) is 26.8 Å². The predicted molar refractivity (Wildman–Crippen MR) is 139 cm³/mol. The van der Waals surface area contributed by atoms with Gasteiger partial charge < -0.3 is 20.3 Å². The molecule has 1 unspecified atom stereocenters. The molecule has 1 fully saturated rings. The van der Waals surface area contributed by atoms with Gasteiger partial charge in [0, 0.05) is 56.2 Å². The molecule has 0 spiro atoms. The van der Waals surface area contributed by atoms with Crippen LogP contribution in [0.25, 0.3) is 0 Å². The van der Waals surface area contributed by atoms with Gasteiger partial charge in [-0.3, -0.25) is 9.59 Å². The van der Waals surface area contributed by atoms with E-state index in [1.807, 2.05) is 37.3 Å². The van der Waals surface area contributed by atoms with Crippen LogP contribution in [-0.2, 0) is 4.74 Å². The second kappa shape index (κ2) is 11.9. The molecular weight excluding hydrogens is 494 g/mol. The van der Waals surface area contributed by atoms with Gasteiger partial charge in [0.2, 0.25) is 0 Å². The summed E-state index contributed by atoms with van der Waals surface area (Å²) in [6.45, 7) is 6.81. The SMILES string of the molecule is CNC(=O)c1cc(C(=O)NCCC2CN(C(=O)OC(C)(C)C)CCC2(F)F)cc([C@@H](C)c2ccccc2)n1. The molecule has 0 radical (unpaired) electrons. The van der Waals surface area contributed by atoms with Gasteiger partial charge in [-0.25, -0.2) is 18.6 Å². The first-order chi connectivity index (χ1) is 17.8. The number of nitrogens with one attached hydrogen (secondary N) is 2. The number of likely N-dealkylation sites (tertiary alicyclic amines) is 1. The first-order valence-electron chi connectivity index (χ1n) is 12.7. The maximum Gasteiger partial charge on any atom is 0.410 e. The molecule has 2 N–H and O–H groups in total. The lowest BCUT2D eigenvalue weighted by atomic mass is 9.90. The molecule has 8 nitrogen and oxygen atoms in total. The van der Waals surface area contributed by atoms with Crippen LogP contribution in [-0.4, -0.2) is 66.0 Å². The molecule has 2 aromatic rings. The van der Waals surface area contributed by atoms with Gasteiger partial charge >= 0.3 is 6.09 Å². The number of ether oxygens (including phenoxy) is 1. The number of carbonyl (C=O) groups excluding carboxylic acids is 3. The quantitative estimate of drug-likeness (QED) is 0.545. The minimum atomic E-state index is -2.97. The van der Waals surface area contributed by atoms with Gasteiger partial charge in [0.15, 0.2) is 0 Å². The first kappa shape index (κ1) is 29.0.